The molecule has 0 radical (unpaired) electrons. The lowest BCUT2D eigenvalue weighted by molar-refractivity contribution is -0.384. The summed E-state index contributed by atoms with van der Waals surface area (Å²) in [5.74, 6) is 0.0535. The maximum absolute atomic E-state index is 12.7. The Balaban J connectivity index is 1.59. The highest BCUT2D eigenvalue weighted by atomic mass is 35.5. The molecule has 31 heavy (non-hydrogen) atoms. The summed E-state index contributed by atoms with van der Waals surface area (Å²) in [6.45, 7) is 0.0576. The fourth-order valence-electron chi connectivity index (χ4n) is 3.00. The van der Waals surface area contributed by atoms with Gasteiger partial charge in [0.15, 0.2) is 0 Å². The molecule has 2 heterocycles. The molecule has 0 aliphatic carbocycles. The summed E-state index contributed by atoms with van der Waals surface area (Å²) in [5.41, 5.74) is 0.706. The molecule has 0 saturated carbocycles. The minimum absolute atomic E-state index is 0.0576. The molecule has 10 heteroatoms. The molecule has 0 atom stereocenters. The van der Waals surface area contributed by atoms with Gasteiger partial charge < -0.3 is 4.42 Å². The van der Waals surface area contributed by atoms with Gasteiger partial charge in [0, 0.05) is 22.2 Å². The largest absolute Gasteiger partial charge is 0.456 e. The van der Waals surface area contributed by atoms with Crippen molar-refractivity contribution in [3.8, 4) is 11.3 Å². The Bertz CT molecular complexity index is 1250. The topological polar surface area (TPSA) is 93.7 Å². The van der Waals surface area contributed by atoms with E-state index < -0.39 is 16.1 Å². The van der Waals surface area contributed by atoms with Crippen molar-refractivity contribution in [2.75, 3.05) is 0 Å². The first-order valence-corrected chi connectivity index (χ1v) is 10.4. The van der Waals surface area contributed by atoms with E-state index in [4.69, 9.17) is 27.6 Å². The number of furan rings is 1. The number of hydrogen-bond donors (Lipinski definition) is 0. The van der Waals surface area contributed by atoms with Gasteiger partial charge in [0.05, 0.1) is 21.9 Å². The number of carbonyl (C=O) groups is 2. The van der Waals surface area contributed by atoms with Crippen molar-refractivity contribution in [2.24, 2.45) is 0 Å². The Morgan fingerprint density at radius 2 is 1.87 bits per heavy atom. The summed E-state index contributed by atoms with van der Waals surface area (Å²) in [5, 5.41) is 11.6. The van der Waals surface area contributed by atoms with Crippen LogP contribution in [0.5, 0.6) is 0 Å². The van der Waals surface area contributed by atoms with Crippen LogP contribution in [0.25, 0.3) is 17.4 Å². The van der Waals surface area contributed by atoms with Crippen molar-refractivity contribution in [3.05, 3.63) is 91.0 Å². The Hall–Kier alpha value is -3.07. The number of nitro benzene ring substituents is 1. The van der Waals surface area contributed by atoms with Crippen LogP contribution in [-0.2, 0) is 11.3 Å². The van der Waals surface area contributed by atoms with E-state index in [2.05, 4.69) is 0 Å². The maximum Gasteiger partial charge on any atom is 0.293 e. The quantitative estimate of drug-likeness (QED) is 0.241. The number of amides is 2. The summed E-state index contributed by atoms with van der Waals surface area (Å²) >= 11 is 12.8. The molecular weight excluding hydrogens is 463 g/mol. The van der Waals surface area contributed by atoms with Crippen LogP contribution in [0.15, 0.2) is 63.9 Å². The molecule has 0 N–H and O–H groups in total. The molecule has 0 bridgehead atoms. The van der Waals surface area contributed by atoms with E-state index in [-0.39, 0.29) is 39.2 Å². The number of halogens is 2. The Morgan fingerprint density at radius 1 is 1.10 bits per heavy atom. The van der Waals surface area contributed by atoms with Gasteiger partial charge in [-0.25, -0.2) is 0 Å². The minimum Gasteiger partial charge on any atom is -0.456 e. The van der Waals surface area contributed by atoms with Crippen LogP contribution in [-0.4, -0.2) is 21.0 Å². The van der Waals surface area contributed by atoms with E-state index in [1.54, 1.807) is 36.4 Å². The first-order chi connectivity index (χ1) is 14.8. The number of nitrogens with zero attached hydrogens (tertiary/aromatic N) is 2. The highest BCUT2D eigenvalue weighted by Gasteiger charge is 2.35. The number of rotatable bonds is 5. The smallest absolute Gasteiger partial charge is 0.293 e. The van der Waals surface area contributed by atoms with Crippen molar-refractivity contribution in [2.45, 2.75) is 6.54 Å². The van der Waals surface area contributed by atoms with E-state index in [0.717, 1.165) is 16.7 Å². The molecular formula is C21H12Cl2N2O5S. The summed E-state index contributed by atoms with van der Waals surface area (Å²) in [6.07, 6.45) is 1.43. The standard InChI is InChI=1S/C21H12Cl2N2O5S/c22-13-5-7-15(17(9-13)25(28)29)18-8-6-14(30-18)10-19-20(26)24(21(27)31-19)11-12-3-1-2-4-16(12)23/h1-10H,11H2/b19-10+. The Morgan fingerprint density at radius 3 is 2.61 bits per heavy atom. The number of hydrogen-bond acceptors (Lipinski definition) is 6. The molecule has 2 amide bonds. The zero-order valence-electron chi connectivity index (χ0n) is 15.6. The second kappa shape index (κ2) is 8.58. The lowest BCUT2D eigenvalue weighted by Gasteiger charge is -2.13. The van der Waals surface area contributed by atoms with Crippen molar-refractivity contribution in [1.29, 1.82) is 0 Å². The van der Waals surface area contributed by atoms with Gasteiger partial charge in [-0.2, -0.15) is 0 Å². The minimum atomic E-state index is -0.552. The highest BCUT2D eigenvalue weighted by Crippen LogP contribution is 2.37. The molecule has 1 saturated heterocycles. The molecule has 1 fully saturated rings. The first-order valence-electron chi connectivity index (χ1n) is 8.86. The van der Waals surface area contributed by atoms with Crippen LogP contribution in [0.1, 0.15) is 11.3 Å². The molecule has 156 valence electrons. The van der Waals surface area contributed by atoms with E-state index in [9.17, 15) is 19.7 Å². The zero-order valence-corrected chi connectivity index (χ0v) is 17.9. The third-order valence-electron chi connectivity index (χ3n) is 4.48. The number of imide groups is 1. The van der Waals surface area contributed by atoms with Gasteiger partial charge in [-0.3, -0.25) is 24.6 Å². The van der Waals surface area contributed by atoms with Crippen LogP contribution in [0, 0.1) is 10.1 Å². The van der Waals surface area contributed by atoms with E-state index in [1.807, 2.05) is 0 Å². The van der Waals surface area contributed by atoms with Gasteiger partial charge in [-0.15, -0.1) is 0 Å². The first kappa shape index (κ1) is 21.2. The predicted octanol–water partition coefficient (Wildman–Crippen LogP) is 6.40. The van der Waals surface area contributed by atoms with E-state index in [1.165, 1.54) is 24.3 Å². The van der Waals surface area contributed by atoms with Crippen LogP contribution < -0.4 is 0 Å². The lowest BCUT2D eigenvalue weighted by Crippen LogP contribution is -2.27. The molecule has 1 aromatic heterocycles. The third kappa shape index (κ3) is 4.36. The maximum atomic E-state index is 12.7. The SMILES string of the molecule is O=C1S/C(=C/c2ccc(-c3ccc(Cl)cc3[N+](=O)[O-])o2)C(=O)N1Cc1ccccc1Cl. The van der Waals surface area contributed by atoms with Gasteiger partial charge in [0.25, 0.3) is 16.8 Å². The van der Waals surface area contributed by atoms with Gasteiger partial charge in [0.2, 0.25) is 0 Å². The number of carbonyl (C=O) groups excluding carboxylic acids is 2. The molecule has 4 rings (SSSR count). The average molecular weight is 475 g/mol. The molecule has 0 spiro atoms. The zero-order chi connectivity index (χ0) is 22.1. The van der Waals surface area contributed by atoms with E-state index in [0.29, 0.717) is 10.6 Å². The Kier molecular flexibility index (Phi) is 5.86. The van der Waals surface area contributed by atoms with Crippen LogP contribution in [0.4, 0.5) is 10.5 Å². The normalized spacial score (nSPS) is 15.2. The molecule has 1 aliphatic heterocycles. The molecule has 0 unspecified atom stereocenters. The molecule has 7 nitrogen and oxygen atoms in total. The van der Waals surface area contributed by atoms with Gasteiger partial charge in [-0.1, -0.05) is 41.4 Å². The fraction of sp³-hybridized carbons (Fsp3) is 0.0476. The summed E-state index contributed by atoms with van der Waals surface area (Å²) in [4.78, 5) is 37.1. The van der Waals surface area contributed by atoms with E-state index >= 15 is 0 Å². The molecule has 2 aromatic carbocycles. The van der Waals surface area contributed by atoms with Crippen LogP contribution >= 0.6 is 35.0 Å². The molecule has 1 aliphatic rings. The number of nitro groups is 1. The summed E-state index contributed by atoms with van der Waals surface area (Å²) < 4.78 is 5.68. The second-order valence-corrected chi connectivity index (χ2v) is 8.32. The third-order valence-corrected chi connectivity index (χ3v) is 5.99. The Labute approximate surface area is 190 Å². The van der Waals surface area contributed by atoms with Gasteiger partial charge >= 0.3 is 0 Å². The highest BCUT2D eigenvalue weighted by molar-refractivity contribution is 8.18. The van der Waals surface area contributed by atoms with Gasteiger partial charge in [0.1, 0.15) is 11.5 Å². The molecule has 3 aromatic rings. The predicted molar refractivity (Wildman–Crippen MR) is 119 cm³/mol. The van der Waals surface area contributed by atoms with Crippen LogP contribution in [0.3, 0.4) is 0 Å². The second-order valence-electron chi connectivity index (χ2n) is 6.48. The number of benzene rings is 2. The average Bonchev–Trinajstić information content (AvgIpc) is 3.29. The van der Waals surface area contributed by atoms with Crippen molar-refractivity contribution < 1.29 is 18.9 Å². The van der Waals surface area contributed by atoms with Crippen molar-refractivity contribution >= 4 is 57.9 Å². The summed E-state index contributed by atoms with van der Waals surface area (Å²) in [6, 6.07) is 14.3. The fourth-order valence-corrected chi connectivity index (χ4v) is 4.18. The monoisotopic (exact) mass is 474 g/mol. The van der Waals surface area contributed by atoms with Crippen molar-refractivity contribution in [3.63, 3.8) is 0 Å². The lowest BCUT2D eigenvalue weighted by atomic mass is 10.1. The van der Waals surface area contributed by atoms with Gasteiger partial charge in [-0.05, 0) is 47.7 Å². The summed E-state index contributed by atoms with van der Waals surface area (Å²) in [7, 11) is 0. The number of thioether (sulfide) groups is 1. The van der Waals surface area contributed by atoms with Crippen LogP contribution in [0.2, 0.25) is 10.0 Å². The van der Waals surface area contributed by atoms with Crippen molar-refractivity contribution in [1.82, 2.24) is 4.90 Å².